The molecule has 5 rings (SSSR count). The first-order valence-corrected chi connectivity index (χ1v) is 10.8. The number of carbonyl (C=O) groups excluding carboxylic acids is 1. The van der Waals surface area contributed by atoms with Gasteiger partial charge < -0.3 is 9.64 Å². The molecule has 0 bridgehead atoms. The van der Waals surface area contributed by atoms with Crippen molar-refractivity contribution in [1.29, 1.82) is 0 Å². The van der Waals surface area contributed by atoms with Gasteiger partial charge in [0.2, 0.25) is 0 Å². The van der Waals surface area contributed by atoms with Crippen LogP contribution in [0.5, 0.6) is 5.75 Å². The fourth-order valence-corrected chi connectivity index (χ4v) is 4.07. The Morgan fingerprint density at radius 3 is 2.88 bits per heavy atom. The monoisotopic (exact) mass is 466 g/mol. The molecule has 0 radical (unpaired) electrons. The number of amides is 1. The molecule has 1 amide bonds. The lowest BCUT2D eigenvalue weighted by atomic mass is 10.1. The molecule has 1 aliphatic rings. The van der Waals surface area contributed by atoms with E-state index in [1.165, 1.54) is 18.2 Å². The minimum atomic E-state index is -0.476. The van der Waals surface area contributed by atoms with Crippen molar-refractivity contribution in [3.05, 3.63) is 81.3 Å². The van der Waals surface area contributed by atoms with Crippen LogP contribution in [0.4, 0.5) is 4.39 Å². The normalized spacial score (nSPS) is 12.9. The molecule has 4 aromatic rings. The van der Waals surface area contributed by atoms with Gasteiger partial charge in [-0.2, -0.15) is 15.3 Å². The van der Waals surface area contributed by atoms with Gasteiger partial charge in [0.25, 0.3) is 5.91 Å². The quantitative estimate of drug-likeness (QED) is 0.446. The maximum atomic E-state index is 13.9. The zero-order chi connectivity index (χ0) is 23.1. The SMILES string of the molecule is Cc1nc2c3c(nn2c(C)c1Cl)CN(C(=O)c1ccc(F)cc1OCCc1cccnn1)C3. The second kappa shape index (κ2) is 8.40. The van der Waals surface area contributed by atoms with Crippen LogP contribution in [0.25, 0.3) is 5.65 Å². The summed E-state index contributed by atoms with van der Waals surface area (Å²) in [5.74, 6) is -0.544. The number of aryl methyl sites for hydroxylation is 2. The van der Waals surface area contributed by atoms with Crippen LogP contribution in [0, 0.1) is 19.7 Å². The topological polar surface area (TPSA) is 85.5 Å². The highest BCUT2D eigenvalue weighted by atomic mass is 35.5. The van der Waals surface area contributed by atoms with Crippen molar-refractivity contribution in [3.63, 3.8) is 0 Å². The molecule has 1 aromatic carbocycles. The van der Waals surface area contributed by atoms with E-state index in [1.54, 1.807) is 21.7 Å². The number of hydrogen-bond donors (Lipinski definition) is 0. The molecule has 1 aliphatic heterocycles. The van der Waals surface area contributed by atoms with Gasteiger partial charge in [0.1, 0.15) is 11.6 Å². The van der Waals surface area contributed by atoms with E-state index in [-0.39, 0.29) is 18.3 Å². The molecule has 8 nitrogen and oxygen atoms in total. The number of halogens is 2. The fourth-order valence-electron chi connectivity index (χ4n) is 3.95. The highest BCUT2D eigenvalue weighted by molar-refractivity contribution is 6.31. The Kier molecular flexibility index (Phi) is 5.41. The Hall–Kier alpha value is -3.59. The minimum absolute atomic E-state index is 0.194. The second-order valence-electron chi connectivity index (χ2n) is 7.87. The van der Waals surface area contributed by atoms with Gasteiger partial charge in [0.15, 0.2) is 5.65 Å². The van der Waals surface area contributed by atoms with Crippen molar-refractivity contribution in [1.82, 2.24) is 29.7 Å². The maximum absolute atomic E-state index is 13.9. The Labute approximate surface area is 194 Å². The van der Waals surface area contributed by atoms with E-state index in [1.807, 2.05) is 19.9 Å². The number of hydrogen-bond acceptors (Lipinski definition) is 6. The van der Waals surface area contributed by atoms with E-state index in [2.05, 4.69) is 20.3 Å². The predicted octanol–water partition coefficient (Wildman–Crippen LogP) is 3.71. The van der Waals surface area contributed by atoms with Crippen LogP contribution >= 0.6 is 11.6 Å². The third-order valence-electron chi connectivity index (χ3n) is 5.66. The van der Waals surface area contributed by atoms with Crippen LogP contribution in [0.2, 0.25) is 5.02 Å². The van der Waals surface area contributed by atoms with Gasteiger partial charge in [0, 0.05) is 24.2 Å². The molecule has 0 fully saturated rings. The molecule has 168 valence electrons. The Balaban J connectivity index is 1.37. The van der Waals surface area contributed by atoms with Crippen molar-refractivity contribution in [3.8, 4) is 5.75 Å². The zero-order valence-corrected chi connectivity index (χ0v) is 18.8. The molecule has 0 aliphatic carbocycles. The summed E-state index contributed by atoms with van der Waals surface area (Å²) in [6.07, 6.45) is 2.07. The second-order valence-corrected chi connectivity index (χ2v) is 8.25. The number of fused-ring (bicyclic) bond motifs is 3. The molecule has 0 unspecified atom stereocenters. The van der Waals surface area contributed by atoms with Gasteiger partial charge in [-0.3, -0.25) is 4.79 Å². The average molecular weight is 467 g/mol. The molecule has 0 N–H and O–H groups in total. The van der Waals surface area contributed by atoms with E-state index >= 15 is 0 Å². The van der Waals surface area contributed by atoms with Crippen LogP contribution in [0.1, 0.15) is 38.7 Å². The van der Waals surface area contributed by atoms with Crippen molar-refractivity contribution in [2.75, 3.05) is 6.61 Å². The number of ether oxygens (including phenoxy) is 1. The molecule has 3 aromatic heterocycles. The number of carbonyl (C=O) groups is 1. The lowest BCUT2D eigenvalue weighted by Crippen LogP contribution is -2.26. The molecule has 10 heteroatoms. The van der Waals surface area contributed by atoms with Gasteiger partial charge in [-0.05, 0) is 38.1 Å². The zero-order valence-electron chi connectivity index (χ0n) is 18.0. The molecule has 0 atom stereocenters. The minimum Gasteiger partial charge on any atom is -0.492 e. The van der Waals surface area contributed by atoms with Gasteiger partial charge in [-0.1, -0.05) is 11.6 Å². The number of benzene rings is 1. The largest absolute Gasteiger partial charge is 0.492 e. The summed E-state index contributed by atoms with van der Waals surface area (Å²) >= 11 is 6.31. The fraction of sp³-hybridized carbons (Fsp3) is 0.261. The van der Waals surface area contributed by atoms with E-state index < -0.39 is 5.82 Å². The summed E-state index contributed by atoms with van der Waals surface area (Å²) in [5, 5.41) is 13.0. The highest BCUT2D eigenvalue weighted by Crippen LogP contribution is 2.31. The summed E-state index contributed by atoms with van der Waals surface area (Å²) in [6.45, 7) is 4.64. The average Bonchev–Trinajstić information content (AvgIpc) is 3.37. The summed E-state index contributed by atoms with van der Waals surface area (Å²) in [7, 11) is 0. The van der Waals surface area contributed by atoms with Gasteiger partial charge in [-0.25, -0.2) is 13.9 Å². The Morgan fingerprint density at radius 1 is 1.24 bits per heavy atom. The first-order valence-electron chi connectivity index (χ1n) is 10.4. The number of aromatic nitrogens is 5. The van der Waals surface area contributed by atoms with Crippen LogP contribution < -0.4 is 4.74 Å². The lowest BCUT2D eigenvalue weighted by molar-refractivity contribution is 0.0745. The highest BCUT2D eigenvalue weighted by Gasteiger charge is 2.31. The lowest BCUT2D eigenvalue weighted by Gasteiger charge is -2.18. The van der Waals surface area contributed by atoms with Crippen LogP contribution in [-0.4, -0.2) is 42.2 Å². The molecule has 4 heterocycles. The van der Waals surface area contributed by atoms with Crippen molar-refractivity contribution in [2.45, 2.75) is 33.4 Å². The van der Waals surface area contributed by atoms with Crippen LogP contribution in [0.15, 0.2) is 36.5 Å². The molecule has 0 saturated heterocycles. The van der Waals surface area contributed by atoms with Crippen LogP contribution in [-0.2, 0) is 19.5 Å². The molecular weight excluding hydrogens is 447 g/mol. The summed E-state index contributed by atoms with van der Waals surface area (Å²) in [5.41, 5.74) is 4.92. The third-order valence-corrected chi connectivity index (χ3v) is 6.21. The summed E-state index contributed by atoms with van der Waals surface area (Å²) < 4.78 is 21.4. The number of nitrogens with zero attached hydrogens (tertiary/aromatic N) is 6. The van der Waals surface area contributed by atoms with Crippen molar-refractivity contribution >= 4 is 23.2 Å². The molecule has 0 saturated carbocycles. The van der Waals surface area contributed by atoms with Gasteiger partial charge in [-0.15, -0.1) is 0 Å². The predicted molar refractivity (Wildman–Crippen MR) is 119 cm³/mol. The Bertz CT molecular complexity index is 1370. The molecule has 0 spiro atoms. The first-order chi connectivity index (χ1) is 15.9. The summed E-state index contributed by atoms with van der Waals surface area (Å²) in [6, 6.07) is 7.55. The molecular formula is C23H20ClFN6O2. The maximum Gasteiger partial charge on any atom is 0.258 e. The Morgan fingerprint density at radius 2 is 2.09 bits per heavy atom. The van der Waals surface area contributed by atoms with Gasteiger partial charge in [0.05, 0.1) is 53.1 Å². The standard InChI is InChI=1S/C23H20ClFN6O2/c1-13-21(24)14(2)31-22(27-13)18-11-30(12-19(18)29-31)23(32)17-6-5-15(25)10-20(17)33-9-7-16-4-3-8-26-28-16/h3-6,8,10H,7,9,11-12H2,1-2H3. The number of rotatable bonds is 5. The first kappa shape index (κ1) is 21.3. The van der Waals surface area contributed by atoms with Crippen molar-refractivity contribution in [2.24, 2.45) is 0 Å². The van der Waals surface area contributed by atoms with E-state index in [0.29, 0.717) is 41.4 Å². The third kappa shape index (κ3) is 3.89. The van der Waals surface area contributed by atoms with Gasteiger partial charge >= 0.3 is 0 Å². The van der Waals surface area contributed by atoms with E-state index in [4.69, 9.17) is 16.3 Å². The van der Waals surface area contributed by atoms with E-state index in [9.17, 15) is 9.18 Å². The van der Waals surface area contributed by atoms with E-state index in [0.717, 1.165) is 22.6 Å². The molecule has 33 heavy (non-hydrogen) atoms. The van der Waals surface area contributed by atoms with Crippen molar-refractivity contribution < 1.29 is 13.9 Å². The van der Waals surface area contributed by atoms with Crippen LogP contribution in [0.3, 0.4) is 0 Å². The summed E-state index contributed by atoms with van der Waals surface area (Å²) in [4.78, 5) is 19.6. The smallest absolute Gasteiger partial charge is 0.258 e.